The van der Waals surface area contributed by atoms with Gasteiger partial charge in [-0.15, -0.1) is 10.2 Å². The van der Waals surface area contributed by atoms with Crippen molar-refractivity contribution in [1.82, 2.24) is 25.0 Å². The lowest BCUT2D eigenvalue weighted by Crippen LogP contribution is -2.41. The minimum absolute atomic E-state index is 0.467. The van der Waals surface area contributed by atoms with E-state index in [4.69, 9.17) is 14.5 Å². The van der Waals surface area contributed by atoms with Crippen LogP contribution in [0.5, 0.6) is 5.75 Å². The Morgan fingerprint density at radius 1 is 1.17 bits per heavy atom. The van der Waals surface area contributed by atoms with Crippen molar-refractivity contribution in [2.75, 3.05) is 40.0 Å². The first-order valence-corrected chi connectivity index (χ1v) is 10.1. The standard InChI is InChI=1S/C21H34N6O2/c1-6-28-14-7-12-22-21(23-16-20-25-24-18(3)27(20)5)26(4)13-15-29-19-10-8-17(2)9-11-19/h8-11H,6-7,12-16H2,1-5H3,(H,22,23). The molecular formula is C21H34N6O2. The molecule has 0 aliphatic rings. The second kappa shape index (κ2) is 12.1. The van der Waals surface area contributed by atoms with Gasteiger partial charge in [0.1, 0.15) is 24.7 Å². The average molecular weight is 403 g/mol. The van der Waals surface area contributed by atoms with Crippen molar-refractivity contribution >= 4 is 5.96 Å². The molecule has 0 spiro atoms. The number of hydrogen-bond donors (Lipinski definition) is 1. The van der Waals surface area contributed by atoms with Crippen LogP contribution in [0.15, 0.2) is 29.3 Å². The minimum Gasteiger partial charge on any atom is -0.492 e. The van der Waals surface area contributed by atoms with Gasteiger partial charge < -0.3 is 24.3 Å². The molecule has 0 saturated carbocycles. The largest absolute Gasteiger partial charge is 0.492 e. The third kappa shape index (κ3) is 7.73. The Labute approximate surface area is 173 Å². The molecular weight excluding hydrogens is 368 g/mol. The van der Waals surface area contributed by atoms with E-state index in [1.807, 2.05) is 44.6 Å². The third-order valence-corrected chi connectivity index (χ3v) is 4.58. The molecule has 8 heteroatoms. The maximum atomic E-state index is 5.85. The third-order valence-electron chi connectivity index (χ3n) is 4.58. The van der Waals surface area contributed by atoms with Gasteiger partial charge in [0.2, 0.25) is 0 Å². The lowest BCUT2D eigenvalue weighted by molar-refractivity contribution is 0.145. The molecule has 0 aliphatic carbocycles. The van der Waals surface area contributed by atoms with Crippen LogP contribution in [-0.4, -0.2) is 65.6 Å². The SMILES string of the molecule is CCOCCCNC(=NCc1nnc(C)n1C)N(C)CCOc1ccc(C)cc1. The monoisotopic (exact) mass is 402 g/mol. The normalized spacial score (nSPS) is 11.6. The summed E-state index contributed by atoms with van der Waals surface area (Å²) in [6, 6.07) is 8.09. The van der Waals surface area contributed by atoms with Gasteiger partial charge in [-0.05, 0) is 39.3 Å². The van der Waals surface area contributed by atoms with Crippen molar-refractivity contribution in [3.05, 3.63) is 41.5 Å². The summed E-state index contributed by atoms with van der Waals surface area (Å²) < 4.78 is 13.2. The highest BCUT2D eigenvalue weighted by molar-refractivity contribution is 5.79. The summed E-state index contributed by atoms with van der Waals surface area (Å²) in [5.41, 5.74) is 1.22. The molecule has 0 saturated heterocycles. The molecule has 1 aromatic carbocycles. The average Bonchev–Trinajstić information content (AvgIpc) is 3.03. The molecule has 1 N–H and O–H groups in total. The van der Waals surface area contributed by atoms with Crippen LogP contribution >= 0.6 is 0 Å². The molecule has 0 unspecified atom stereocenters. The zero-order chi connectivity index (χ0) is 21.1. The summed E-state index contributed by atoms with van der Waals surface area (Å²) in [5, 5.41) is 11.7. The highest BCUT2D eigenvalue weighted by atomic mass is 16.5. The summed E-state index contributed by atoms with van der Waals surface area (Å²) in [5.74, 6) is 3.40. The van der Waals surface area contributed by atoms with Crippen LogP contribution in [0.4, 0.5) is 0 Å². The van der Waals surface area contributed by atoms with Crippen LogP contribution < -0.4 is 10.1 Å². The van der Waals surface area contributed by atoms with Crippen LogP contribution in [0.25, 0.3) is 0 Å². The molecule has 1 aromatic heterocycles. The van der Waals surface area contributed by atoms with Crippen molar-refractivity contribution in [2.24, 2.45) is 12.0 Å². The zero-order valence-corrected chi connectivity index (χ0v) is 18.3. The van der Waals surface area contributed by atoms with E-state index >= 15 is 0 Å². The van der Waals surface area contributed by atoms with Gasteiger partial charge in [0, 0.05) is 33.9 Å². The minimum atomic E-state index is 0.467. The van der Waals surface area contributed by atoms with Crippen LogP contribution in [-0.2, 0) is 18.3 Å². The summed E-state index contributed by atoms with van der Waals surface area (Å²) in [7, 11) is 3.96. The zero-order valence-electron chi connectivity index (χ0n) is 18.3. The number of aryl methyl sites for hydroxylation is 2. The van der Waals surface area contributed by atoms with Crippen LogP contribution in [0, 0.1) is 13.8 Å². The first kappa shape index (κ1) is 22.7. The van der Waals surface area contributed by atoms with E-state index in [1.54, 1.807) is 0 Å². The number of nitrogens with zero attached hydrogens (tertiary/aromatic N) is 5. The number of guanidine groups is 1. The summed E-state index contributed by atoms with van der Waals surface area (Å²) in [6.45, 7) is 10.0. The number of aromatic nitrogens is 3. The number of aliphatic imine (C=N–C) groups is 1. The van der Waals surface area contributed by atoms with Crippen LogP contribution in [0.1, 0.15) is 30.6 Å². The number of likely N-dealkylation sites (N-methyl/N-ethyl adjacent to an activating group) is 1. The van der Waals surface area contributed by atoms with Gasteiger partial charge in [-0.1, -0.05) is 17.7 Å². The van der Waals surface area contributed by atoms with E-state index in [0.717, 1.165) is 49.5 Å². The predicted octanol–water partition coefficient (Wildman–Crippen LogP) is 2.31. The summed E-state index contributed by atoms with van der Waals surface area (Å²) >= 11 is 0. The van der Waals surface area contributed by atoms with Crippen molar-refractivity contribution in [3.63, 3.8) is 0 Å². The number of ether oxygens (including phenoxy) is 2. The molecule has 0 radical (unpaired) electrons. The first-order valence-electron chi connectivity index (χ1n) is 10.1. The molecule has 2 aromatic rings. The summed E-state index contributed by atoms with van der Waals surface area (Å²) in [6.07, 6.45) is 0.920. The van der Waals surface area contributed by atoms with E-state index < -0.39 is 0 Å². The quantitative estimate of drug-likeness (QED) is 0.353. The maximum Gasteiger partial charge on any atom is 0.194 e. The highest BCUT2D eigenvalue weighted by Gasteiger charge is 2.09. The maximum absolute atomic E-state index is 5.85. The second-order valence-electron chi connectivity index (χ2n) is 6.92. The Morgan fingerprint density at radius 2 is 1.93 bits per heavy atom. The number of nitrogens with one attached hydrogen (secondary N) is 1. The van der Waals surface area contributed by atoms with Crippen LogP contribution in [0.3, 0.4) is 0 Å². The number of benzene rings is 1. The van der Waals surface area contributed by atoms with Crippen molar-refractivity contribution in [1.29, 1.82) is 0 Å². The Bertz CT molecular complexity index is 757. The van der Waals surface area contributed by atoms with Gasteiger partial charge in [-0.2, -0.15) is 0 Å². The lowest BCUT2D eigenvalue weighted by atomic mass is 10.2. The van der Waals surface area contributed by atoms with E-state index in [9.17, 15) is 0 Å². The van der Waals surface area contributed by atoms with Crippen molar-refractivity contribution < 1.29 is 9.47 Å². The Balaban J connectivity index is 1.91. The lowest BCUT2D eigenvalue weighted by Gasteiger charge is -2.22. The van der Waals surface area contributed by atoms with Gasteiger partial charge in [0.15, 0.2) is 11.8 Å². The Morgan fingerprint density at radius 3 is 2.59 bits per heavy atom. The molecule has 0 amide bonds. The van der Waals surface area contributed by atoms with E-state index in [1.165, 1.54) is 5.56 Å². The Hall–Kier alpha value is -2.61. The van der Waals surface area contributed by atoms with Crippen molar-refractivity contribution in [3.8, 4) is 5.75 Å². The molecule has 0 atom stereocenters. The fourth-order valence-electron chi connectivity index (χ4n) is 2.61. The molecule has 0 bridgehead atoms. The van der Waals surface area contributed by atoms with Gasteiger partial charge in [0.05, 0.1) is 6.54 Å². The number of rotatable bonds is 11. The fourth-order valence-corrected chi connectivity index (χ4v) is 2.61. The van der Waals surface area contributed by atoms with Crippen LogP contribution in [0.2, 0.25) is 0 Å². The van der Waals surface area contributed by atoms with Gasteiger partial charge in [0.25, 0.3) is 0 Å². The van der Waals surface area contributed by atoms with Gasteiger partial charge in [-0.3, -0.25) is 0 Å². The summed E-state index contributed by atoms with van der Waals surface area (Å²) in [4.78, 5) is 6.80. The first-order chi connectivity index (χ1) is 14.0. The molecule has 2 rings (SSSR count). The molecule has 160 valence electrons. The van der Waals surface area contributed by atoms with E-state index in [-0.39, 0.29) is 0 Å². The molecule has 8 nitrogen and oxygen atoms in total. The molecule has 0 fully saturated rings. The van der Waals surface area contributed by atoms with Gasteiger partial charge in [-0.25, -0.2) is 4.99 Å². The van der Waals surface area contributed by atoms with Crippen molar-refractivity contribution in [2.45, 2.75) is 33.7 Å². The predicted molar refractivity (Wildman–Crippen MR) is 115 cm³/mol. The van der Waals surface area contributed by atoms with E-state index in [2.05, 4.69) is 39.5 Å². The molecule has 29 heavy (non-hydrogen) atoms. The second-order valence-corrected chi connectivity index (χ2v) is 6.92. The topological polar surface area (TPSA) is 76.8 Å². The number of hydrogen-bond acceptors (Lipinski definition) is 5. The Kier molecular flexibility index (Phi) is 9.43. The smallest absolute Gasteiger partial charge is 0.194 e. The van der Waals surface area contributed by atoms with Gasteiger partial charge >= 0.3 is 0 Å². The molecule has 1 heterocycles. The fraction of sp³-hybridized carbons (Fsp3) is 0.571. The molecule has 0 aliphatic heterocycles. The van der Waals surface area contributed by atoms with E-state index in [0.29, 0.717) is 19.7 Å². The highest BCUT2D eigenvalue weighted by Crippen LogP contribution is 2.11.